The van der Waals surface area contributed by atoms with Gasteiger partial charge in [-0.1, -0.05) is 11.6 Å². The highest BCUT2D eigenvalue weighted by atomic mass is 35.5. The molecule has 3 N–H and O–H groups in total. The van der Waals surface area contributed by atoms with Crippen molar-refractivity contribution in [1.29, 1.82) is 0 Å². The number of nitrogens with zero attached hydrogens (tertiary/aromatic N) is 3. The fourth-order valence-electron chi connectivity index (χ4n) is 4.37. The average molecular weight is 551 g/mol. The second-order valence-electron chi connectivity index (χ2n) is 8.33. The van der Waals surface area contributed by atoms with Gasteiger partial charge in [0.1, 0.15) is 24.0 Å². The Bertz CT molecular complexity index is 1620. The van der Waals surface area contributed by atoms with Crippen molar-refractivity contribution in [3.63, 3.8) is 0 Å². The number of hydrogen-bond donors (Lipinski definition) is 3. The third-order valence-corrected chi connectivity index (χ3v) is 6.32. The van der Waals surface area contributed by atoms with Crippen LogP contribution in [0.25, 0.3) is 10.8 Å². The minimum absolute atomic E-state index is 0.0910. The van der Waals surface area contributed by atoms with E-state index in [1.807, 2.05) is 0 Å². The van der Waals surface area contributed by atoms with Gasteiger partial charge in [0, 0.05) is 29.2 Å². The lowest BCUT2D eigenvalue weighted by Crippen LogP contribution is -2.40. The van der Waals surface area contributed by atoms with Gasteiger partial charge in [0.15, 0.2) is 5.82 Å². The van der Waals surface area contributed by atoms with Gasteiger partial charge in [-0.25, -0.2) is 18.7 Å². The molecule has 0 bridgehead atoms. The van der Waals surface area contributed by atoms with Gasteiger partial charge in [-0.2, -0.15) is 13.2 Å². The maximum absolute atomic E-state index is 14.3. The standard InChI is InChI=1S/C24H16ClF5N6O2/c1-31-23(38)22-35-21(19-18(33-17(37)9-36(19)22)14-6-10(26)2-3-16(14)25)34-20-13-7-11(27)8-15(24(28,29)30)12(13)4-5-32-20/h2-8,18H,9H2,1H3,(H,31,38)(H,32,34)(H,33,37)/t18-/m0/s1. The Kier molecular flexibility index (Phi) is 6.18. The van der Waals surface area contributed by atoms with Gasteiger partial charge < -0.3 is 20.5 Å². The summed E-state index contributed by atoms with van der Waals surface area (Å²) in [5.41, 5.74) is -0.904. The van der Waals surface area contributed by atoms with Crippen molar-refractivity contribution in [1.82, 2.24) is 25.2 Å². The molecule has 2 amide bonds. The van der Waals surface area contributed by atoms with Crippen LogP contribution in [0.1, 0.15) is 33.5 Å². The van der Waals surface area contributed by atoms with Gasteiger partial charge in [-0.15, -0.1) is 0 Å². The van der Waals surface area contributed by atoms with E-state index in [9.17, 15) is 31.5 Å². The first-order chi connectivity index (χ1) is 18.0. The molecule has 1 atom stereocenters. The fourth-order valence-corrected chi connectivity index (χ4v) is 4.60. The normalized spacial score (nSPS) is 15.2. The Labute approximate surface area is 215 Å². The van der Waals surface area contributed by atoms with E-state index >= 15 is 0 Å². The first kappa shape index (κ1) is 25.4. The summed E-state index contributed by atoms with van der Waals surface area (Å²) >= 11 is 6.30. The number of carbonyl (C=O) groups excluding carboxylic acids is 2. The van der Waals surface area contributed by atoms with Crippen LogP contribution in [-0.4, -0.2) is 33.4 Å². The van der Waals surface area contributed by atoms with Gasteiger partial charge in [0.2, 0.25) is 11.7 Å². The summed E-state index contributed by atoms with van der Waals surface area (Å²) in [6.07, 6.45) is -3.74. The van der Waals surface area contributed by atoms with E-state index in [4.69, 9.17) is 11.6 Å². The zero-order chi connectivity index (χ0) is 27.4. The lowest BCUT2D eigenvalue weighted by atomic mass is 10.0. The van der Waals surface area contributed by atoms with Crippen LogP contribution in [0.15, 0.2) is 42.6 Å². The van der Waals surface area contributed by atoms with Crippen LogP contribution < -0.4 is 16.0 Å². The number of rotatable bonds is 4. The number of halogens is 6. The molecule has 0 saturated heterocycles. The molecular formula is C24H16ClF5N6O2. The number of hydrogen-bond acceptors (Lipinski definition) is 5. The summed E-state index contributed by atoms with van der Waals surface area (Å²) in [5, 5.41) is 7.43. The topological polar surface area (TPSA) is 101 Å². The molecule has 5 rings (SSSR count). The van der Waals surface area contributed by atoms with Crippen LogP contribution in [0.2, 0.25) is 5.02 Å². The van der Waals surface area contributed by atoms with Crippen LogP contribution >= 0.6 is 11.6 Å². The lowest BCUT2D eigenvalue weighted by Gasteiger charge is -2.28. The van der Waals surface area contributed by atoms with Crippen LogP contribution in [0.5, 0.6) is 0 Å². The van der Waals surface area contributed by atoms with Crippen molar-refractivity contribution in [3.05, 3.63) is 81.9 Å². The number of fused-ring (bicyclic) bond motifs is 2. The van der Waals surface area contributed by atoms with Crippen molar-refractivity contribution in [2.24, 2.45) is 0 Å². The molecule has 4 aromatic rings. The van der Waals surface area contributed by atoms with Gasteiger partial charge in [0.05, 0.1) is 17.3 Å². The Morgan fingerprint density at radius 2 is 1.87 bits per heavy atom. The number of aromatic nitrogens is 3. The van der Waals surface area contributed by atoms with Crippen LogP contribution in [0.3, 0.4) is 0 Å². The van der Waals surface area contributed by atoms with E-state index in [-0.39, 0.29) is 51.1 Å². The molecule has 0 fully saturated rings. The van der Waals surface area contributed by atoms with E-state index in [0.29, 0.717) is 6.07 Å². The molecule has 0 unspecified atom stereocenters. The van der Waals surface area contributed by atoms with Crippen molar-refractivity contribution < 1.29 is 31.5 Å². The molecule has 196 valence electrons. The molecule has 1 aliphatic rings. The Morgan fingerprint density at radius 1 is 1.11 bits per heavy atom. The number of nitrogens with one attached hydrogen (secondary N) is 3. The molecule has 3 heterocycles. The summed E-state index contributed by atoms with van der Waals surface area (Å²) in [6.45, 7) is -0.341. The van der Waals surface area contributed by atoms with E-state index in [1.54, 1.807) is 0 Å². The number of pyridine rings is 1. The van der Waals surface area contributed by atoms with Crippen LogP contribution in [0.4, 0.5) is 33.6 Å². The molecule has 0 spiro atoms. The zero-order valence-electron chi connectivity index (χ0n) is 19.3. The van der Waals surface area contributed by atoms with E-state index in [0.717, 1.165) is 30.5 Å². The first-order valence-corrected chi connectivity index (χ1v) is 11.3. The van der Waals surface area contributed by atoms with Crippen molar-refractivity contribution in [3.8, 4) is 0 Å². The van der Waals surface area contributed by atoms with Gasteiger partial charge in [-0.05, 0) is 41.8 Å². The summed E-state index contributed by atoms with van der Waals surface area (Å²) < 4.78 is 70.5. The van der Waals surface area contributed by atoms with Gasteiger partial charge >= 0.3 is 6.18 Å². The quantitative estimate of drug-likeness (QED) is 0.320. The predicted molar refractivity (Wildman–Crippen MR) is 127 cm³/mol. The maximum atomic E-state index is 14.3. The molecule has 2 aromatic carbocycles. The molecule has 2 aromatic heterocycles. The summed E-state index contributed by atoms with van der Waals surface area (Å²) in [6, 6.07) is 4.75. The smallest absolute Gasteiger partial charge is 0.352 e. The highest BCUT2D eigenvalue weighted by molar-refractivity contribution is 6.31. The predicted octanol–water partition coefficient (Wildman–Crippen LogP) is 4.70. The van der Waals surface area contributed by atoms with Gasteiger partial charge in [0.25, 0.3) is 5.91 Å². The maximum Gasteiger partial charge on any atom is 0.417 e. The van der Waals surface area contributed by atoms with Crippen molar-refractivity contribution in [2.75, 3.05) is 12.4 Å². The lowest BCUT2D eigenvalue weighted by molar-refractivity contribution is -0.136. The zero-order valence-corrected chi connectivity index (χ0v) is 20.0. The number of amides is 2. The SMILES string of the molecule is CNC(=O)c1nc(Nc2nccc3c(C(F)(F)F)cc(F)cc23)c2n1CC(=O)N[C@H]2c1cc(F)ccc1Cl. The molecule has 0 saturated carbocycles. The largest absolute Gasteiger partial charge is 0.417 e. The van der Waals surface area contributed by atoms with E-state index in [1.165, 1.54) is 17.7 Å². The minimum Gasteiger partial charge on any atom is -0.352 e. The molecule has 1 aliphatic heterocycles. The van der Waals surface area contributed by atoms with Crippen molar-refractivity contribution >= 4 is 45.8 Å². The summed E-state index contributed by atoms with van der Waals surface area (Å²) in [4.78, 5) is 33.5. The van der Waals surface area contributed by atoms with E-state index in [2.05, 4.69) is 25.9 Å². The third kappa shape index (κ3) is 4.38. The molecule has 0 aliphatic carbocycles. The highest BCUT2D eigenvalue weighted by Gasteiger charge is 2.36. The number of carbonyl (C=O) groups is 2. The highest BCUT2D eigenvalue weighted by Crippen LogP contribution is 2.40. The van der Waals surface area contributed by atoms with Crippen LogP contribution in [-0.2, 0) is 17.5 Å². The fraction of sp³-hybridized carbons (Fsp3) is 0.167. The summed E-state index contributed by atoms with van der Waals surface area (Å²) in [5.74, 6) is -3.49. The average Bonchev–Trinajstić information content (AvgIpc) is 3.21. The van der Waals surface area contributed by atoms with Gasteiger partial charge in [-0.3, -0.25) is 9.59 Å². The number of imidazole rings is 1. The molecule has 14 heteroatoms. The third-order valence-electron chi connectivity index (χ3n) is 5.97. The summed E-state index contributed by atoms with van der Waals surface area (Å²) in [7, 11) is 1.34. The van der Waals surface area contributed by atoms with Crippen molar-refractivity contribution in [2.45, 2.75) is 18.8 Å². The Balaban J connectivity index is 1.73. The molecular weight excluding hydrogens is 535 g/mol. The second-order valence-corrected chi connectivity index (χ2v) is 8.74. The molecule has 0 radical (unpaired) electrons. The molecule has 38 heavy (non-hydrogen) atoms. The Morgan fingerprint density at radius 3 is 2.58 bits per heavy atom. The number of benzene rings is 2. The first-order valence-electron chi connectivity index (χ1n) is 11.0. The number of anilines is 2. The monoisotopic (exact) mass is 550 g/mol. The molecule has 8 nitrogen and oxygen atoms in total. The second kappa shape index (κ2) is 9.24. The van der Waals surface area contributed by atoms with Crippen LogP contribution in [0, 0.1) is 11.6 Å². The van der Waals surface area contributed by atoms with E-state index < -0.39 is 41.2 Å². The minimum atomic E-state index is -4.84. The Hall–Kier alpha value is -4.26. The number of alkyl halides is 3.